The van der Waals surface area contributed by atoms with Crippen LogP contribution in [0.4, 0.5) is 0 Å². The summed E-state index contributed by atoms with van der Waals surface area (Å²) in [5, 5.41) is 0. The highest BCUT2D eigenvalue weighted by Gasteiger charge is 1.84. The van der Waals surface area contributed by atoms with Crippen molar-refractivity contribution in [3.8, 4) is 0 Å². The maximum absolute atomic E-state index is 8.74. The molecule has 7 heteroatoms. The van der Waals surface area contributed by atoms with Crippen molar-refractivity contribution in [2.45, 2.75) is 0 Å². The third kappa shape index (κ3) is 2560. The van der Waals surface area contributed by atoms with E-state index < -0.39 is 10.4 Å². The minimum atomic E-state index is -4.67. The molecule has 1 unspecified atom stereocenters. The molecular weight excluding hydrogens is 155 g/mol. The van der Waals surface area contributed by atoms with E-state index in [0.717, 1.165) is 0 Å². The van der Waals surface area contributed by atoms with Crippen LogP contribution in [0.15, 0.2) is 0 Å². The first-order valence-corrected chi connectivity index (χ1v) is 4.27. The molecule has 0 aromatic heterocycles. The molecule has 0 bridgehead atoms. The van der Waals surface area contributed by atoms with E-state index in [2.05, 4.69) is 0 Å². The van der Waals surface area contributed by atoms with E-state index in [4.69, 9.17) is 22.4 Å². The predicted octanol–water partition coefficient (Wildman–Crippen LogP) is -0.451. The maximum atomic E-state index is 8.74. The van der Waals surface area contributed by atoms with Gasteiger partial charge in [0.05, 0.1) is 0 Å². The lowest BCUT2D eigenvalue weighted by molar-refractivity contribution is 0.381. The SMILES string of the molecule is CPO.O=S(=O)(O)O. The molecule has 3 N–H and O–H groups in total. The summed E-state index contributed by atoms with van der Waals surface area (Å²) in [6.45, 7) is 1.71. The number of rotatable bonds is 0. The van der Waals surface area contributed by atoms with Crippen LogP contribution in [-0.2, 0) is 10.4 Å². The van der Waals surface area contributed by atoms with Gasteiger partial charge in [-0.1, -0.05) is 0 Å². The van der Waals surface area contributed by atoms with Crippen LogP contribution in [0.2, 0.25) is 0 Å². The molecule has 0 radical (unpaired) electrons. The molecule has 0 aromatic carbocycles. The Hall–Kier alpha value is 0.260. The van der Waals surface area contributed by atoms with Crippen molar-refractivity contribution in [1.29, 1.82) is 0 Å². The molecule has 0 aliphatic rings. The molecule has 0 aromatic rings. The van der Waals surface area contributed by atoms with Crippen LogP contribution in [0.25, 0.3) is 0 Å². The van der Waals surface area contributed by atoms with E-state index in [1.165, 1.54) is 0 Å². The first-order valence-electron chi connectivity index (χ1n) is 1.42. The van der Waals surface area contributed by atoms with Gasteiger partial charge >= 0.3 is 10.4 Å². The second kappa shape index (κ2) is 5.40. The first kappa shape index (κ1) is 11.1. The molecule has 0 rings (SSSR count). The highest BCUT2D eigenvalue weighted by molar-refractivity contribution is 7.79. The van der Waals surface area contributed by atoms with Crippen LogP contribution >= 0.6 is 8.81 Å². The van der Waals surface area contributed by atoms with Crippen molar-refractivity contribution >= 4 is 19.2 Å². The summed E-state index contributed by atoms with van der Waals surface area (Å²) in [7, 11) is -4.58. The Kier molecular flexibility index (Phi) is 7.50. The van der Waals surface area contributed by atoms with E-state index >= 15 is 0 Å². The minimum Gasteiger partial charge on any atom is -0.377 e. The second-order valence-corrected chi connectivity index (χ2v) is 2.01. The van der Waals surface area contributed by atoms with E-state index in [1.807, 2.05) is 0 Å². The van der Waals surface area contributed by atoms with Gasteiger partial charge in [0.25, 0.3) is 0 Å². The van der Waals surface area contributed by atoms with Gasteiger partial charge in [0.1, 0.15) is 0 Å². The number of hydrogen-bond acceptors (Lipinski definition) is 3. The summed E-state index contributed by atoms with van der Waals surface area (Å²) < 4.78 is 31.6. The summed E-state index contributed by atoms with van der Waals surface area (Å²) in [5.41, 5.74) is 0. The zero-order chi connectivity index (χ0) is 7.21. The zero-order valence-electron chi connectivity index (χ0n) is 4.07. The first-order chi connectivity index (χ1) is 3.41. The van der Waals surface area contributed by atoms with Crippen molar-refractivity contribution in [3.63, 3.8) is 0 Å². The summed E-state index contributed by atoms with van der Waals surface area (Å²) in [5.74, 6) is 0. The Morgan fingerprint density at radius 3 is 1.38 bits per heavy atom. The Balaban J connectivity index is 0. The topological polar surface area (TPSA) is 94.8 Å². The molecule has 0 saturated carbocycles. The lowest BCUT2D eigenvalue weighted by atomic mass is 12.0. The fraction of sp³-hybridized carbons (Fsp3) is 1.00. The van der Waals surface area contributed by atoms with E-state index in [-0.39, 0.29) is 8.81 Å². The Bertz CT molecular complexity index is 106. The second-order valence-electron chi connectivity index (χ2n) is 0.671. The van der Waals surface area contributed by atoms with Crippen LogP contribution in [0.3, 0.4) is 0 Å². The van der Waals surface area contributed by atoms with Gasteiger partial charge in [-0.05, 0) is 6.66 Å². The minimum absolute atomic E-state index is 0.0833. The van der Waals surface area contributed by atoms with Gasteiger partial charge in [-0.3, -0.25) is 9.11 Å². The summed E-state index contributed by atoms with van der Waals surface area (Å²) >= 11 is 0. The molecule has 5 nitrogen and oxygen atoms in total. The molecule has 0 spiro atoms. The van der Waals surface area contributed by atoms with Crippen LogP contribution in [-0.4, -0.2) is 29.1 Å². The van der Waals surface area contributed by atoms with Crippen LogP contribution < -0.4 is 0 Å². The predicted molar refractivity (Wildman–Crippen MR) is 30.6 cm³/mol. The summed E-state index contributed by atoms with van der Waals surface area (Å²) in [6.07, 6.45) is 0. The molecule has 0 aliphatic carbocycles. The quantitative estimate of drug-likeness (QED) is 0.331. The monoisotopic (exact) mass is 162 g/mol. The average Bonchev–Trinajstić information content (AvgIpc) is 1.27. The summed E-state index contributed by atoms with van der Waals surface area (Å²) in [6, 6.07) is 0. The van der Waals surface area contributed by atoms with Crippen molar-refractivity contribution in [3.05, 3.63) is 0 Å². The van der Waals surface area contributed by atoms with Crippen LogP contribution in [0, 0.1) is 0 Å². The lowest BCUT2D eigenvalue weighted by Crippen LogP contribution is -1.89. The fourth-order valence-electron chi connectivity index (χ4n) is 0. The lowest BCUT2D eigenvalue weighted by Gasteiger charge is -1.68. The Morgan fingerprint density at radius 1 is 1.38 bits per heavy atom. The highest BCUT2D eigenvalue weighted by atomic mass is 32.3. The van der Waals surface area contributed by atoms with Crippen molar-refractivity contribution in [1.82, 2.24) is 0 Å². The molecule has 0 heterocycles. The van der Waals surface area contributed by atoms with E-state index in [1.54, 1.807) is 6.66 Å². The maximum Gasteiger partial charge on any atom is 0.394 e. The normalized spacial score (nSPS) is 11.0. The standard InChI is InChI=1S/CH5OP.H2O4S/c1-3-2;1-5(2,3)4/h2-3H,1H3;(H2,1,2,3,4). The largest absolute Gasteiger partial charge is 0.394 e. The van der Waals surface area contributed by atoms with Gasteiger partial charge in [-0.2, -0.15) is 8.42 Å². The molecule has 0 fully saturated rings. The summed E-state index contributed by atoms with van der Waals surface area (Å²) in [4.78, 5) is 7.60. The zero-order valence-corrected chi connectivity index (χ0v) is 5.88. The third-order valence-electron chi connectivity index (χ3n) is 0. The molecule has 0 aliphatic heterocycles. The molecule has 52 valence electrons. The van der Waals surface area contributed by atoms with Gasteiger partial charge in [-0.15, -0.1) is 0 Å². The van der Waals surface area contributed by atoms with Crippen LogP contribution in [0.1, 0.15) is 0 Å². The molecule has 1 atom stereocenters. The fourth-order valence-corrected chi connectivity index (χ4v) is 0. The van der Waals surface area contributed by atoms with Gasteiger partial charge in [0, 0.05) is 8.81 Å². The average molecular weight is 162 g/mol. The Labute approximate surface area is 49.2 Å². The highest BCUT2D eigenvalue weighted by Crippen LogP contribution is 1.83. The van der Waals surface area contributed by atoms with Gasteiger partial charge in [0.2, 0.25) is 0 Å². The smallest absolute Gasteiger partial charge is 0.377 e. The molecule has 0 amide bonds. The van der Waals surface area contributed by atoms with Crippen molar-refractivity contribution in [2.24, 2.45) is 0 Å². The molecular formula is CH7O5PS. The van der Waals surface area contributed by atoms with Crippen molar-refractivity contribution < 1.29 is 22.4 Å². The molecule has 0 saturated heterocycles. The van der Waals surface area contributed by atoms with E-state index in [9.17, 15) is 0 Å². The molecule has 8 heavy (non-hydrogen) atoms. The van der Waals surface area contributed by atoms with Crippen LogP contribution in [0.5, 0.6) is 0 Å². The van der Waals surface area contributed by atoms with Crippen molar-refractivity contribution in [2.75, 3.05) is 6.66 Å². The van der Waals surface area contributed by atoms with Gasteiger partial charge in [-0.25, -0.2) is 0 Å². The Morgan fingerprint density at radius 2 is 1.38 bits per heavy atom. The van der Waals surface area contributed by atoms with E-state index in [0.29, 0.717) is 0 Å². The third-order valence-corrected chi connectivity index (χ3v) is 0. The van der Waals surface area contributed by atoms with Gasteiger partial charge in [0.15, 0.2) is 0 Å². The number of hydrogen-bond donors (Lipinski definition) is 3. The van der Waals surface area contributed by atoms with Gasteiger partial charge < -0.3 is 4.89 Å².